The molecule has 0 amide bonds. The molecule has 1 aromatic heterocycles. The monoisotopic (exact) mass is 891 g/mol. The van der Waals surface area contributed by atoms with Gasteiger partial charge in [-0.25, -0.2) is 87.8 Å². The van der Waals surface area contributed by atoms with Crippen molar-refractivity contribution in [3.8, 4) is 0 Å². The van der Waals surface area contributed by atoms with Gasteiger partial charge in [0.15, 0.2) is 88.2 Å². The Morgan fingerprint density at radius 1 is 0.344 bits per heavy atom. The Morgan fingerprint density at radius 3 is 0.852 bits per heavy atom. The highest BCUT2D eigenvalue weighted by Gasteiger charge is 2.52. The highest BCUT2D eigenvalue weighted by atomic mass is 19.2. The molecule has 1 nitrogen and oxygen atoms in total. The van der Waals surface area contributed by atoms with Crippen LogP contribution in [0.2, 0.25) is 0 Å². The molecule has 22 heteroatoms. The van der Waals surface area contributed by atoms with E-state index >= 15 is 35.1 Å². The van der Waals surface area contributed by atoms with E-state index in [1.807, 2.05) is 0 Å². The fourth-order valence-electron chi connectivity index (χ4n) is 6.81. The topological polar surface area (TPSA) is 3.88 Å². The van der Waals surface area contributed by atoms with Crippen molar-refractivity contribution in [3.05, 3.63) is 182 Å². The molecular weight excluding hydrogens is 873 g/mol. The zero-order valence-corrected chi connectivity index (χ0v) is 30.1. The lowest BCUT2D eigenvalue weighted by molar-refractivity contribution is -0.696. The number of benzene rings is 5. The predicted molar refractivity (Wildman–Crippen MR) is 175 cm³/mol. The number of pyridine rings is 1. The smallest absolute Gasteiger partial charge is 0.200 e. The molecule has 0 spiro atoms. The third-order valence-corrected chi connectivity index (χ3v) is 9.47. The number of nitrogens with zero attached hydrogens (tertiary/aromatic N) is 1. The van der Waals surface area contributed by atoms with Crippen LogP contribution in [0.4, 0.5) is 87.8 Å². The Hall–Kier alpha value is -6.09. The van der Waals surface area contributed by atoms with Gasteiger partial charge >= 0.3 is 0 Å². The van der Waals surface area contributed by atoms with Gasteiger partial charge in [-0.3, -0.25) is 0 Å². The third kappa shape index (κ3) is 7.32. The molecule has 0 fully saturated rings. The van der Waals surface area contributed by atoms with E-state index in [0.29, 0.717) is 5.92 Å². The number of halogens is 20. The number of aromatic nitrogens is 1. The van der Waals surface area contributed by atoms with Crippen molar-refractivity contribution in [1.82, 2.24) is 0 Å². The van der Waals surface area contributed by atoms with E-state index in [0.717, 1.165) is 6.54 Å². The molecule has 0 N–H and O–H groups in total. The molecule has 0 aliphatic carbocycles. The van der Waals surface area contributed by atoms with Gasteiger partial charge in [-0.15, -0.1) is 21.9 Å². The van der Waals surface area contributed by atoms with E-state index < -0.39 is 144 Å². The van der Waals surface area contributed by atoms with Crippen LogP contribution < -0.4 is 26.4 Å². The summed E-state index contributed by atoms with van der Waals surface area (Å²) in [6.45, 7) is 5.42. The fraction of sp³-hybridized carbons (Fsp3) is 0.103. The molecule has 6 aromatic rings. The van der Waals surface area contributed by atoms with Gasteiger partial charge in [0.1, 0.15) is 52.7 Å². The van der Waals surface area contributed by atoms with Crippen molar-refractivity contribution in [2.24, 2.45) is 0 Å². The van der Waals surface area contributed by atoms with E-state index in [9.17, 15) is 52.7 Å². The second-order valence-corrected chi connectivity index (χ2v) is 13.2. The largest absolute Gasteiger partial charge is 0.207 e. The molecule has 61 heavy (non-hydrogen) atoms. The van der Waals surface area contributed by atoms with Crippen LogP contribution in [0.3, 0.4) is 0 Å². The summed E-state index contributed by atoms with van der Waals surface area (Å²) in [7, 11) is 0. The maximum Gasteiger partial charge on any atom is 0.200 e. The van der Waals surface area contributed by atoms with Gasteiger partial charge in [-0.05, 0) is 0 Å². The van der Waals surface area contributed by atoms with Crippen molar-refractivity contribution >= 4 is 28.0 Å². The summed E-state index contributed by atoms with van der Waals surface area (Å²) in [5.74, 6) is -70.8. The van der Waals surface area contributed by atoms with Gasteiger partial charge in [0.25, 0.3) is 0 Å². The van der Waals surface area contributed by atoms with Crippen molar-refractivity contribution in [2.75, 3.05) is 0 Å². The summed E-state index contributed by atoms with van der Waals surface area (Å²) in [5, 5.41) is 0. The zero-order chi connectivity index (χ0) is 45.7. The Balaban J connectivity index is 0.000000366. The van der Waals surface area contributed by atoms with E-state index in [1.54, 1.807) is 0 Å². The van der Waals surface area contributed by atoms with Gasteiger partial charge in [-0.1, -0.05) is 50.2 Å². The maximum absolute atomic E-state index is 15.4. The molecule has 6 rings (SSSR count). The lowest BCUT2D eigenvalue weighted by Crippen LogP contribution is -2.81. The van der Waals surface area contributed by atoms with Crippen LogP contribution in [0.5, 0.6) is 0 Å². The van der Waals surface area contributed by atoms with Gasteiger partial charge in [-0.2, -0.15) is 4.57 Å². The van der Waals surface area contributed by atoms with E-state index in [4.69, 9.17) is 0 Å². The van der Waals surface area contributed by atoms with Crippen LogP contribution in [0.15, 0.2) is 54.7 Å². The molecule has 322 valence electrons. The average Bonchev–Trinajstić information content (AvgIpc) is 3.24. The first-order valence-electron chi connectivity index (χ1n) is 16.7. The number of hydrogen-bond donors (Lipinski definition) is 0. The normalized spacial score (nSPS) is 11.7. The molecule has 0 saturated heterocycles. The van der Waals surface area contributed by atoms with E-state index in [1.165, 1.54) is 11.3 Å². The quantitative estimate of drug-likeness (QED) is 0.0496. The fourth-order valence-corrected chi connectivity index (χ4v) is 6.81. The summed E-state index contributed by atoms with van der Waals surface area (Å²) < 4.78 is 296. The van der Waals surface area contributed by atoms with Crippen LogP contribution in [0.25, 0.3) is 0 Å². The second kappa shape index (κ2) is 17.1. The molecule has 0 aliphatic rings. The average molecular weight is 891 g/mol. The minimum atomic E-state index is -7.22. The Labute approximate surface area is 329 Å². The first-order chi connectivity index (χ1) is 28.5. The van der Waals surface area contributed by atoms with Crippen LogP contribution in [0.1, 0.15) is 31.0 Å². The SMILES string of the molecule is CC(C)c1cccc[n+]1Cc1ccccc1.Fc1c(F)c(F)c([B-](c2c(F)c(F)c(F)c(F)c2F)(c2c(F)c(F)c(F)c(F)c2F)c2c(F)c(F)c(F)c(F)c2F)c(F)c1F. The van der Waals surface area contributed by atoms with Crippen molar-refractivity contribution in [1.29, 1.82) is 0 Å². The predicted octanol–water partition coefficient (Wildman–Crippen LogP) is 8.99. The molecular formula is C39H18BF20N. The number of hydrogen-bond acceptors (Lipinski definition) is 0. The van der Waals surface area contributed by atoms with Gasteiger partial charge in [0.05, 0.1) is 0 Å². The van der Waals surface area contributed by atoms with E-state index in [2.05, 4.69) is 73.1 Å². The van der Waals surface area contributed by atoms with Gasteiger partial charge < -0.3 is 0 Å². The standard InChI is InChI=1S/C24BF20.C15H18N/c26-5-1(6(27)14(35)21(42)13(5)34)25(2-7(28)15(36)22(43)16(37)8(2)29,3-9(30)17(38)23(44)18(39)10(3)31)4-11(32)19(40)24(45)20(41)12(4)33;1-13(2)15-10-6-7-11-16(15)12-14-8-4-3-5-9-14/h;3-11,13H,12H2,1-2H3/q-1;+1. The van der Waals surface area contributed by atoms with Crippen molar-refractivity contribution in [2.45, 2.75) is 26.3 Å². The summed E-state index contributed by atoms with van der Waals surface area (Å²) in [5.41, 5.74) is -11.6. The van der Waals surface area contributed by atoms with Gasteiger partial charge in [0.2, 0.25) is 0 Å². The first kappa shape index (κ1) is 46.0. The maximum atomic E-state index is 15.4. The third-order valence-electron chi connectivity index (χ3n) is 9.47. The summed E-state index contributed by atoms with van der Waals surface area (Å²) in [4.78, 5) is 0. The lowest BCUT2D eigenvalue weighted by atomic mass is 9.12. The first-order valence-corrected chi connectivity index (χ1v) is 16.7. The molecule has 0 bridgehead atoms. The van der Waals surface area contributed by atoms with Crippen LogP contribution in [-0.4, -0.2) is 6.15 Å². The molecule has 0 unspecified atom stereocenters. The Kier molecular flexibility index (Phi) is 12.9. The van der Waals surface area contributed by atoms with Crippen molar-refractivity contribution in [3.63, 3.8) is 0 Å². The van der Waals surface area contributed by atoms with Gasteiger partial charge in [0, 0.05) is 23.6 Å². The molecule has 0 aliphatic heterocycles. The Bertz CT molecular complexity index is 2320. The van der Waals surface area contributed by atoms with Crippen LogP contribution >= 0.6 is 0 Å². The molecule has 1 heterocycles. The van der Waals surface area contributed by atoms with Crippen LogP contribution in [-0.2, 0) is 6.54 Å². The second-order valence-electron chi connectivity index (χ2n) is 13.2. The molecule has 0 radical (unpaired) electrons. The Morgan fingerprint density at radius 2 is 0.590 bits per heavy atom. The van der Waals surface area contributed by atoms with Crippen LogP contribution in [0, 0.1) is 116 Å². The molecule has 0 atom stereocenters. The number of rotatable bonds is 7. The van der Waals surface area contributed by atoms with Crippen molar-refractivity contribution < 1.29 is 92.4 Å². The zero-order valence-electron chi connectivity index (χ0n) is 30.1. The summed E-state index contributed by atoms with van der Waals surface area (Å²) in [6, 6.07) is 17.0. The summed E-state index contributed by atoms with van der Waals surface area (Å²) in [6.07, 6.45) is -5.06. The highest BCUT2D eigenvalue weighted by Crippen LogP contribution is 2.30. The van der Waals surface area contributed by atoms with E-state index in [-0.39, 0.29) is 0 Å². The minimum Gasteiger partial charge on any atom is -0.207 e. The molecule has 5 aromatic carbocycles. The lowest BCUT2D eigenvalue weighted by Gasteiger charge is -2.44. The summed E-state index contributed by atoms with van der Waals surface area (Å²) >= 11 is 0. The minimum absolute atomic E-state index is 0.560. The molecule has 0 saturated carbocycles. The highest BCUT2D eigenvalue weighted by molar-refractivity contribution is 7.20.